The zero-order valence-electron chi connectivity index (χ0n) is 18.3. The van der Waals surface area contributed by atoms with Crippen LogP contribution in [-0.4, -0.2) is 56.5 Å². The molecule has 1 aromatic heterocycles. The van der Waals surface area contributed by atoms with Crippen molar-refractivity contribution in [2.45, 2.75) is 19.1 Å². The maximum absolute atomic E-state index is 15.1. The van der Waals surface area contributed by atoms with Crippen LogP contribution in [0, 0.1) is 11.6 Å². The van der Waals surface area contributed by atoms with Gasteiger partial charge in [0.05, 0.1) is 24.3 Å². The summed E-state index contributed by atoms with van der Waals surface area (Å²) in [6.45, 7) is 2.99. The third-order valence-corrected chi connectivity index (χ3v) is 6.75. The smallest absolute Gasteiger partial charge is 0.156 e. The number of anilines is 1. The monoisotopic (exact) mass is 464 g/mol. The Labute approximate surface area is 186 Å². The molecule has 0 aliphatic carbocycles. The zero-order chi connectivity index (χ0) is 23.3. The molecule has 172 valence electrons. The number of ether oxygens (including phenoxy) is 1. The second-order valence-electron chi connectivity index (χ2n) is 7.47. The van der Waals surface area contributed by atoms with Crippen molar-refractivity contribution >= 4 is 15.5 Å². The molecule has 0 spiro atoms. The Hall–Kier alpha value is -2.85. The number of likely N-dealkylation sites (N-methyl/N-ethyl adjacent to an activating group) is 1. The molecule has 0 amide bonds. The van der Waals surface area contributed by atoms with Gasteiger partial charge in [-0.1, -0.05) is 30.3 Å². The van der Waals surface area contributed by atoms with Gasteiger partial charge in [0.15, 0.2) is 21.5 Å². The van der Waals surface area contributed by atoms with Crippen molar-refractivity contribution in [1.82, 2.24) is 15.0 Å². The predicted octanol–water partition coefficient (Wildman–Crippen LogP) is 3.62. The highest BCUT2D eigenvalue weighted by Gasteiger charge is 2.21. The molecule has 0 fully saturated rings. The van der Waals surface area contributed by atoms with E-state index in [9.17, 15) is 12.8 Å². The van der Waals surface area contributed by atoms with Crippen LogP contribution >= 0.6 is 0 Å². The summed E-state index contributed by atoms with van der Waals surface area (Å²) in [5.41, 5.74) is 1.51. The Kier molecular flexibility index (Phi) is 7.57. The predicted molar refractivity (Wildman–Crippen MR) is 120 cm³/mol. The van der Waals surface area contributed by atoms with Crippen LogP contribution in [0.15, 0.2) is 42.6 Å². The summed E-state index contributed by atoms with van der Waals surface area (Å²) in [5.74, 6) is -2.39. The lowest BCUT2D eigenvalue weighted by molar-refractivity contribution is 0.206. The number of nitrogens with zero attached hydrogens (tertiary/aromatic N) is 4. The van der Waals surface area contributed by atoms with Gasteiger partial charge in [-0.15, -0.1) is 5.10 Å². The Morgan fingerprint density at radius 1 is 1.19 bits per heavy atom. The standard InChI is InChI=1S/C22H26F2N4O3S/c1-4-12-32(29,30)15-17-8-9-19(23)22(21(17)24)28-14-20(25-26-28)16-6-5-7-18(13-16)27(2)10-11-31-3/h5-9,13-14H,4,10-12,15H2,1-3H3. The Morgan fingerprint density at radius 3 is 2.69 bits per heavy atom. The lowest BCUT2D eigenvalue weighted by atomic mass is 10.1. The molecule has 3 aromatic rings. The Balaban J connectivity index is 1.93. The van der Waals surface area contributed by atoms with Gasteiger partial charge >= 0.3 is 0 Å². The number of halogens is 2. The molecular weight excluding hydrogens is 438 g/mol. The van der Waals surface area contributed by atoms with E-state index >= 15 is 4.39 Å². The van der Waals surface area contributed by atoms with E-state index in [1.54, 1.807) is 14.0 Å². The van der Waals surface area contributed by atoms with Crippen LogP contribution in [-0.2, 0) is 20.3 Å². The van der Waals surface area contributed by atoms with Crippen LogP contribution in [0.25, 0.3) is 16.9 Å². The minimum atomic E-state index is -3.50. The summed E-state index contributed by atoms with van der Waals surface area (Å²) >= 11 is 0. The van der Waals surface area contributed by atoms with Gasteiger partial charge in [0.2, 0.25) is 0 Å². The normalized spacial score (nSPS) is 11.7. The first kappa shape index (κ1) is 23.8. The molecule has 3 rings (SSSR count). The van der Waals surface area contributed by atoms with Crippen molar-refractivity contribution in [2.24, 2.45) is 0 Å². The first-order chi connectivity index (χ1) is 15.3. The molecule has 0 aliphatic heterocycles. The average Bonchev–Trinajstić information content (AvgIpc) is 3.24. The first-order valence-corrected chi connectivity index (χ1v) is 12.0. The summed E-state index contributed by atoms with van der Waals surface area (Å²) in [6.07, 6.45) is 1.84. The summed E-state index contributed by atoms with van der Waals surface area (Å²) < 4.78 is 59.9. The van der Waals surface area contributed by atoms with Crippen LogP contribution in [0.5, 0.6) is 0 Å². The fourth-order valence-electron chi connectivity index (χ4n) is 3.29. The zero-order valence-corrected chi connectivity index (χ0v) is 19.1. The quantitative estimate of drug-likeness (QED) is 0.456. The van der Waals surface area contributed by atoms with E-state index in [4.69, 9.17) is 4.74 Å². The summed E-state index contributed by atoms with van der Waals surface area (Å²) in [5, 5.41) is 7.95. The van der Waals surface area contributed by atoms with Crippen molar-refractivity contribution in [2.75, 3.05) is 38.0 Å². The molecule has 0 radical (unpaired) electrons. The third kappa shape index (κ3) is 5.49. The second kappa shape index (κ2) is 10.2. The molecule has 0 aliphatic rings. The van der Waals surface area contributed by atoms with Gasteiger partial charge in [0.25, 0.3) is 0 Å². The highest BCUT2D eigenvalue weighted by molar-refractivity contribution is 7.90. The van der Waals surface area contributed by atoms with Crippen molar-refractivity contribution in [3.63, 3.8) is 0 Å². The number of rotatable bonds is 10. The van der Waals surface area contributed by atoms with Crippen molar-refractivity contribution in [1.29, 1.82) is 0 Å². The van der Waals surface area contributed by atoms with Crippen LogP contribution in [0.2, 0.25) is 0 Å². The van der Waals surface area contributed by atoms with E-state index in [1.165, 1.54) is 6.20 Å². The highest BCUT2D eigenvalue weighted by Crippen LogP contribution is 2.26. The maximum atomic E-state index is 15.1. The van der Waals surface area contributed by atoms with Gasteiger partial charge in [0, 0.05) is 37.5 Å². The van der Waals surface area contributed by atoms with Crippen molar-refractivity contribution in [3.8, 4) is 16.9 Å². The molecule has 2 aromatic carbocycles. The summed E-state index contributed by atoms with van der Waals surface area (Å²) in [6, 6.07) is 9.70. The van der Waals surface area contributed by atoms with Crippen LogP contribution in [0.4, 0.5) is 14.5 Å². The Morgan fingerprint density at radius 2 is 1.97 bits per heavy atom. The average molecular weight is 465 g/mol. The Bertz CT molecular complexity index is 1180. The largest absolute Gasteiger partial charge is 0.383 e. The number of benzene rings is 2. The molecular formula is C22H26F2N4O3S. The number of aromatic nitrogens is 3. The lowest BCUT2D eigenvalue weighted by Gasteiger charge is -2.19. The van der Waals surface area contributed by atoms with E-state index in [0.717, 1.165) is 28.1 Å². The van der Waals surface area contributed by atoms with Crippen LogP contribution < -0.4 is 4.90 Å². The molecule has 7 nitrogen and oxygen atoms in total. The SMILES string of the molecule is CCCS(=O)(=O)Cc1ccc(F)c(-n2cc(-c3cccc(N(C)CCOC)c3)nn2)c1F. The van der Waals surface area contributed by atoms with Gasteiger partial charge in [0.1, 0.15) is 11.4 Å². The van der Waals surface area contributed by atoms with Crippen molar-refractivity contribution in [3.05, 3.63) is 59.8 Å². The number of sulfone groups is 1. The van der Waals surface area contributed by atoms with E-state index in [-0.39, 0.29) is 11.3 Å². The van der Waals surface area contributed by atoms with Gasteiger partial charge in [-0.05, 0) is 24.6 Å². The molecule has 0 bridgehead atoms. The van der Waals surface area contributed by atoms with Gasteiger partial charge < -0.3 is 9.64 Å². The minimum Gasteiger partial charge on any atom is -0.383 e. The summed E-state index contributed by atoms with van der Waals surface area (Å²) in [4.78, 5) is 2.01. The minimum absolute atomic E-state index is 0.0677. The molecule has 10 heteroatoms. The molecule has 0 unspecified atom stereocenters. The van der Waals surface area contributed by atoms with Gasteiger partial charge in [-0.3, -0.25) is 0 Å². The topological polar surface area (TPSA) is 77.3 Å². The molecule has 32 heavy (non-hydrogen) atoms. The molecule has 0 N–H and O–H groups in total. The van der Waals surface area contributed by atoms with E-state index in [1.807, 2.05) is 36.2 Å². The molecule has 0 saturated heterocycles. The van der Waals surface area contributed by atoms with Gasteiger partial charge in [-0.2, -0.15) is 0 Å². The lowest BCUT2D eigenvalue weighted by Crippen LogP contribution is -2.21. The summed E-state index contributed by atoms with van der Waals surface area (Å²) in [7, 11) is 0.0646. The van der Waals surface area contributed by atoms with Crippen LogP contribution in [0.3, 0.4) is 0 Å². The third-order valence-electron chi connectivity index (χ3n) is 4.97. The fourth-order valence-corrected chi connectivity index (χ4v) is 4.75. The van der Waals surface area contributed by atoms with Gasteiger partial charge in [-0.25, -0.2) is 21.9 Å². The molecule has 0 saturated carbocycles. The maximum Gasteiger partial charge on any atom is 0.156 e. The number of hydrogen-bond donors (Lipinski definition) is 0. The van der Waals surface area contributed by atoms with Crippen molar-refractivity contribution < 1.29 is 21.9 Å². The van der Waals surface area contributed by atoms with E-state index < -0.39 is 32.9 Å². The molecule has 1 heterocycles. The number of hydrogen-bond acceptors (Lipinski definition) is 6. The van der Waals surface area contributed by atoms with Crippen LogP contribution in [0.1, 0.15) is 18.9 Å². The van der Waals surface area contributed by atoms with E-state index in [2.05, 4.69) is 10.3 Å². The second-order valence-corrected chi connectivity index (χ2v) is 9.66. The number of methoxy groups -OCH3 is 1. The fraction of sp³-hybridized carbons (Fsp3) is 0.364. The van der Waals surface area contributed by atoms with E-state index in [0.29, 0.717) is 25.3 Å². The highest BCUT2D eigenvalue weighted by atomic mass is 32.2. The molecule has 0 atom stereocenters. The first-order valence-electron chi connectivity index (χ1n) is 10.2.